The minimum Gasteiger partial charge on any atom is -0.341 e. The topological polar surface area (TPSA) is 60.9 Å². The van der Waals surface area contributed by atoms with E-state index in [0.29, 0.717) is 32.6 Å². The van der Waals surface area contributed by atoms with Crippen LogP contribution in [0.4, 0.5) is 13.2 Å². The predicted octanol–water partition coefficient (Wildman–Crippen LogP) is 1.63. The summed E-state index contributed by atoms with van der Waals surface area (Å²) in [7, 11) is -3.81. The van der Waals surface area contributed by atoms with Crippen molar-refractivity contribution in [2.45, 2.75) is 23.9 Å². The van der Waals surface area contributed by atoms with Crippen LogP contribution in [0.1, 0.15) is 18.4 Å². The Morgan fingerprint density at radius 3 is 2.07 bits per heavy atom. The lowest BCUT2D eigenvalue weighted by Gasteiger charge is -2.34. The second-order valence-electron chi connectivity index (χ2n) is 6.75. The number of sulfonamides is 1. The highest BCUT2D eigenvalue weighted by molar-refractivity contribution is 7.89. The maximum atomic E-state index is 12.6. The van der Waals surface area contributed by atoms with Gasteiger partial charge in [-0.25, -0.2) is 8.42 Å². The molecule has 0 unspecified atom stereocenters. The van der Waals surface area contributed by atoms with Gasteiger partial charge in [0.2, 0.25) is 15.9 Å². The zero-order valence-electron chi connectivity index (χ0n) is 14.8. The lowest BCUT2D eigenvalue weighted by molar-refractivity contribution is -0.137. The quantitative estimate of drug-likeness (QED) is 0.747. The van der Waals surface area contributed by atoms with Crippen LogP contribution in [0.5, 0.6) is 0 Å². The first kappa shape index (κ1) is 20.1. The number of hydrogen-bond acceptors (Lipinski definition) is 4. The molecule has 2 aliphatic rings. The zero-order valence-corrected chi connectivity index (χ0v) is 15.6. The Balaban J connectivity index is 1.55. The molecule has 0 saturated carbocycles. The summed E-state index contributed by atoms with van der Waals surface area (Å²) in [5.74, 6) is 0.165. The molecule has 3 rings (SSSR count). The Morgan fingerprint density at radius 2 is 1.56 bits per heavy atom. The first-order chi connectivity index (χ1) is 12.7. The van der Waals surface area contributed by atoms with Crippen molar-refractivity contribution in [1.29, 1.82) is 0 Å². The van der Waals surface area contributed by atoms with E-state index in [1.165, 1.54) is 4.31 Å². The van der Waals surface area contributed by atoms with Crippen molar-refractivity contribution in [3.8, 4) is 0 Å². The highest BCUT2D eigenvalue weighted by Gasteiger charge is 2.32. The number of benzene rings is 1. The van der Waals surface area contributed by atoms with E-state index >= 15 is 0 Å². The van der Waals surface area contributed by atoms with Crippen LogP contribution in [0.3, 0.4) is 0 Å². The highest BCUT2D eigenvalue weighted by atomic mass is 32.2. The first-order valence-electron chi connectivity index (χ1n) is 8.85. The molecule has 1 aromatic rings. The molecule has 0 N–H and O–H groups in total. The first-order valence-corrected chi connectivity index (χ1v) is 10.3. The number of hydrogen-bond donors (Lipinski definition) is 0. The van der Waals surface area contributed by atoms with Crippen LogP contribution < -0.4 is 0 Å². The molecule has 10 heteroatoms. The Labute approximate surface area is 156 Å². The summed E-state index contributed by atoms with van der Waals surface area (Å²) in [5, 5.41) is 0. The van der Waals surface area contributed by atoms with Crippen LogP contribution in [0, 0.1) is 0 Å². The number of halogens is 3. The summed E-state index contributed by atoms with van der Waals surface area (Å²) in [6.07, 6.45) is -3.01. The van der Waals surface area contributed by atoms with Crippen molar-refractivity contribution >= 4 is 15.9 Å². The van der Waals surface area contributed by atoms with E-state index in [-0.39, 0.29) is 23.9 Å². The van der Waals surface area contributed by atoms with Gasteiger partial charge < -0.3 is 4.90 Å². The molecule has 0 bridgehead atoms. The van der Waals surface area contributed by atoms with Crippen molar-refractivity contribution < 1.29 is 26.4 Å². The average Bonchev–Trinajstić information content (AvgIpc) is 3.04. The molecule has 2 aliphatic heterocycles. The molecule has 0 atom stereocenters. The van der Waals surface area contributed by atoms with Gasteiger partial charge in [0.05, 0.1) is 10.5 Å². The van der Waals surface area contributed by atoms with Crippen LogP contribution in [0.2, 0.25) is 0 Å². The number of likely N-dealkylation sites (tertiary alicyclic amines) is 1. The molecular formula is C17H22F3N3O3S. The molecular weight excluding hydrogens is 383 g/mol. The van der Waals surface area contributed by atoms with Gasteiger partial charge in [-0.2, -0.15) is 17.5 Å². The van der Waals surface area contributed by atoms with Gasteiger partial charge in [-0.1, -0.05) is 0 Å². The SMILES string of the molecule is O=C1CCCN1CCN1CCN(S(=O)(=O)c2ccc(C(F)(F)F)cc2)CC1. The van der Waals surface area contributed by atoms with Gasteiger partial charge >= 0.3 is 6.18 Å². The van der Waals surface area contributed by atoms with E-state index < -0.39 is 21.8 Å². The number of amides is 1. The summed E-state index contributed by atoms with van der Waals surface area (Å²) in [4.78, 5) is 15.4. The molecule has 0 spiro atoms. The summed E-state index contributed by atoms with van der Waals surface area (Å²) in [5.41, 5.74) is -0.872. The van der Waals surface area contributed by atoms with Gasteiger partial charge in [0.1, 0.15) is 0 Å². The van der Waals surface area contributed by atoms with Crippen molar-refractivity contribution in [3.63, 3.8) is 0 Å². The van der Waals surface area contributed by atoms with E-state index in [2.05, 4.69) is 4.90 Å². The summed E-state index contributed by atoms with van der Waals surface area (Å²) in [6, 6.07) is 3.58. The molecule has 1 amide bonds. The largest absolute Gasteiger partial charge is 0.416 e. The van der Waals surface area contributed by atoms with E-state index in [9.17, 15) is 26.4 Å². The van der Waals surface area contributed by atoms with E-state index in [4.69, 9.17) is 0 Å². The number of alkyl halides is 3. The number of piperazine rings is 1. The molecule has 2 fully saturated rings. The number of nitrogens with zero attached hydrogens (tertiary/aromatic N) is 3. The Morgan fingerprint density at radius 1 is 0.926 bits per heavy atom. The third-order valence-corrected chi connectivity index (χ3v) is 6.92. The van der Waals surface area contributed by atoms with Gasteiger partial charge in [-0.15, -0.1) is 0 Å². The van der Waals surface area contributed by atoms with Crippen LogP contribution in [-0.2, 0) is 21.0 Å². The molecule has 0 aromatic heterocycles. The van der Waals surface area contributed by atoms with Crippen LogP contribution in [0.25, 0.3) is 0 Å². The second-order valence-corrected chi connectivity index (χ2v) is 8.69. The summed E-state index contributed by atoms with van der Waals surface area (Å²) in [6.45, 7) is 3.73. The van der Waals surface area contributed by atoms with E-state index in [1.54, 1.807) is 0 Å². The van der Waals surface area contributed by atoms with Crippen molar-refractivity contribution in [3.05, 3.63) is 29.8 Å². The lowest BCUT2D eigenvalue weighted by atomic mass is 10.2. The normalized spacial score (nSPS) is 20.4. The number of carbonyl (C=O) groups is 1. The monoisotopic (exact) mass is 405 g/mol. The minimum atomic E-state index is -4.50. The van der Waals surface area contributed by atoms with E-state index in [0.717, 1.165) is 37.2 Å². The molecule has 27 heavy (non-hydrogen) atoms. The standard InChI is InChI=1S/C17H22F3N3O3S/c18-17(19,20)14-3-5-15(6-4-14)27(25,26)23-12-9-21(10-13-23)8-11-22-7-1-2-16(22)24/h3-6H,1-2,7-13H2. The van der Waals surface area contributed by atoms with Gasteiger partial charge in [-0.3, -0.25) is 9.69 Å². The fourth-order valence-corrected chi connectivity index (χ4v) is 4.78. The Kier molecular flexibility index (Phi) is 5.78. The number of carbonyl (C=O) groups excluding carboxylic acids is 1. The van der Waals surface area contributed by atoms with Crippen molar-refractivity contribution in [2.24, 2.45) is 0 Å². The van der Waals surface area contributed by atoms with Gasteiger partial charge in [0.15, 0.2) is 0 Å². The molecule has 0 radical (unpaired) electrons. The molecule has 1 aromatic carbocycles. The molecule has 2 heterocycles. The third kappa shape index (κ3) is 4.61. The zero-order chi connectivity index (χ0) is 19.7. The van der Waals surface area contributed by atoms with Gasteiger partial charge in [0, 0.05) is 52.2 Å². The van der Waals surface area contributed by atoms with Crippen molar-refractivity contribution in [1.82, 2.24) is 14.1 Å². The lowest BCUT2D eigenvalue weighted by Crippen LogP contribution is -2.50. The maximum absolute atomic E-state index is 12.6. The third-order valence-electron chi connectivity index (χ3n) is 5.01. The highest BCUT2D eigenvalue weighted by Crippen LogP contribution is 2.30. The van der Waals surface area contributed by atoms with Crippen LogP contribution in [-0.4, -0.2) is 74.2 Å². The van der Waals surface area contributed by atoms with Gasteiger partial charge in [-0.05, 0) is 30.7 Å². The maximum Gasteiger partial charge on any atom is 0.416 e. The fourth-order valence-electron chi connectivity index (χ4n) is 3.36. The minimum absolute atomic E-state index is 0.133. The van der Waals surface area contributed by atoms with Crippen LogP contribution >= 0.6 is 0 Å². The summed E-state index contributed by atoms with van der Waals surface area (Å²) >= 11 is 0. The predicted molar refractivity (Wildman–Crippen MR) is 92.5 cm³/mol. The molecule has 150 valence electrons. The average molecular weight is 405 g/mol. The smallest absolute Gasteiger partial charge is 0.341 e. The van der Waals surface area contributed by atoms with Crippen LogP contribution in [0.15, 0.2) is 29.2 Å². The van der Waals surface area contributed by atoms with E-state index in [1.807, 2.05) is 4.90 Å². The number of rotatable bonds is 5. The second kappa shape index (κ2) is 7.76. The fraction of sp³-hybridized carbons (Fsp3) is 0.588. The Hall–Kier alpha value is -1.65. The molecule has 2 saturated heterocycles. The van der Waals surface area contributed by atoms with Gasteiger partial charge in [0.25, 0.3) is 0 Å². The Bertz CT molecular complexity index is 773. The summed E-state index contributed by atoms with van der Waals surface area (Å²) < 4.78 is 64.5. The molecule has 0 aliphatic carbocycles. The molecule has 6 nitrogen and oxygen atoms in total. The van der Waals surface area contributed by atoms with Crippen molar-refractivity contribution in [2.75, 3.05) is 45.8 Å².